The van der Waals surface area contributed by atoms with E-state index in [0.29, 0.717) is 6.54 Å². The van der Waals surface area contributed by atoms with Gasteiger partial charge in [0.2, 0.25) is 0 Å². The SMILES string of the molecule is [CH2]C(c1ccccc1)c1cccc(CN)c1N. The number of benzene rings is 2. The maximum absolute atomic E-state index is 6.11. The van der Waals surface area contributed by atoms with Crippen LogP contribution in [0, 0.1) is 6.92 Å². The number of hydrogen-bond donors (Lipinski definition) is 2. The number of nitrogen functional groups attached to an aromatic ring is 1. The largest absolute Gasteiger partial charge is 0.398 e. The molecular weight excluding hydrogens is 208 g/mol. The quantitative estimate of drug-likeness (QED) is 0.789. The molecule has 0 saturated carbocycles. The van der Waals surface area contributed by atoms with Crippen LogP contribution in [0.2, 0.25) is 0 Å². The van der Waals surface area contributed by atoms with Gasteiger partial charge in [0.25, 0.3) is 0 Å². The van der Waals surface area contributed by atoms with E-state index in [-0.39, 0.29) is 5.92 Å². The summed E-state index contributed by atoms with van der Waals surface area (Å²) in [6, 6.07) is 16.1. The minimum atomic E-state index is 0.0442. The van der Waals surface area contributed by atoms with Crippen molar-refractivity contribution in [2.24, 2.45) is 5.73 Å². The first kappa shape index (κ1) is 11.7. The van der Waals surface area contributed by atoms with Gasteiger partial charge >= 0.3 is 0 Å². The summed E-state index contributed by atoms with van der Waals surface area (Å²) in [6.07, 6.45) is 0. The fraction of sp³-hybridized carbons (Fsp3) is 0.133. The molecule has 2 aromatic rings. The highest BCUT2D eigenvalue weighted by molar-refractivity contribution is 5.57. The molecule has 2 rings (SSSR count). The molecule has 0 aliphatic rings. The first-order valence-electron chi connectivity index (χ1n) is 5.69. The van der Waals surface area contributed by atoms with Crippen molar-refractivity contribution in [2.75, 3.05) is 5.73 Å². The maximum Gasteiger partial charge on any atom is 0.0398 e. The van der Waals surface area contributed by atoms with Crippen molar-refractivity contribution in [3.05, 3.63) is 72.1 Å². The zero-order valence-corrected chi connectivity index (χ0v) is 9.77. The molecule has 2 aromatic carbocycles. The minimum absolute atomic E-state index is 0.0442. The van der Waals surface area contributed by atoms with E-state index in [1.165, 1.54) is 0 Å². The molecule has 2 heteroatoms. The summed E-state index contributed by atoms with van der Waals surface area (Å²) in [4.78, 5) is 0. The summed E-state index contributed by atoms with van der Waals surface area (Å²) in [6.45, 7) is 4.65. The van der Waals surface area contributed by atoms with Gasteiger partial charge in [-0.1, -0.05) is 48.5 Å². The van der Waals surface area contributed by atoms with E-state index >= 15 is 0 Å². The van der Waals surface area contributed by atoms with Crippen LogP contribution in [0.25, 0.3) is 0 Å². The van der Waals surface area contributed by atoms with Crippen LogP contribution in [-0.4, -0.2) is 0 Å². The third-order valence-electron chi connectivity index (χ3n) is 3.03. The molecule has 0 aliphatic heterocycles. The van der Waals surface area contributed by atoms with Gasteiger partial charge in [-0.15, -0.1) is 0 Å². The third-order valence-corrected chi connectivity index (χ3v) is 3.03. The predicted octanol–water partition coefficient (Wildman–Crippen LogP) is 2.69. The second-order valence-corrected chi connectivity index (χ2v) is 4.09. The van der Waals surface area contributed by atoms with Gasteiger partial charge < -0.3 is 11.5 Å². The van der Waals surface area contributed by atoms with Crippen LogP contribution >= 0.6 is 0 Å². The highest BCUT2D eigenvalue weighted by Crippen LogP contribution is 2.29. The van der Waals surface area contributed by atoms with Crippen LogP contribution < -0.4 is 11.5 Å². The molecule has 1 radical (unpaired) electrons. The summed E-state index contributed by atoms with van der Waals surface area (Å²) in [5.74, 6) is 0.0442. The molecule has 2 nitrogen and oxygen atoms in total. The summed E-state index contributed by atoms with van der Waals surface area (Å²) in [7, 11) is 0. The minimum Gasteiger partial charge on any atom is -0.398 e. The van der Waals surface area contributed by atoms with Crippen LogP contribution in [0.5, 0.6) is 0 Å². The van der Waals surface area contributed by atoms with Crippen molar-refractivity contribution in [3.63, 3.8) is 0 Å². The molecule has 1 atom stereocenters. The standard InChI is InChI=1S/C15H17N2/c1-11(12-6-3-2-4-7-12)14-9-5-8-13(10-16)15(14)17/h2-9,11H,1,10,16-17H2. The lowest BCUT2D eigenvalue weighted by Gasteiger charge is -2.16. The summed E-state index contributed by atoms with van der Waals surface area (Å²) < 4.78 is 0. The van der Waals surface area contributed by atoms with Crippen LogP contribution in [0.3, 0.4) is 0 Å². The molecule has 0 aromatic heterocycles. The van der Waals surface area contributed by atoms with Crippen LogP contribution in [0.1, 0.15) is 22.6 Å². The number of anilines is 1. The third kappa shape index (κ3) is 2.32. The Bertz CT molecular complexity index is 492. The van der Waals surface area contributed by atoms with E-state index in [4.69, 9.17) is 11.5 Å². The topological polar surface area (TPSA) is 52.0 Å². The lowest BCUT2D eigenvalue weighted by atomic mass is 9.90. The van der Waals surface area contributed by atoms with E-state index < -0.39 is 0 Å². The molecule has 0 heterocycles. The highest BCUT2D eigenvalue weighted by atomic mass is 14.6. The fourth-order valence-electron chi connectivity index (χ4n) is 1.98. The summed E-state index contributed by atoms with van der Waals surface area (Å²) >= 11 is 0. The Hall–Kier alpha value is -1.80. The molecule has 17 heavy (non-hydrogen) atoms. The van der Waals surface area contributed by atoms with Gasteiger partial charge in [-0.3, -0.25) is 0 Å². The van der Waals surface area contributed by atoms with E-state index in [9.17, 15) is 0 Å². The van der Waals surface area contributed by atoms with E-state index in [1.54, 1.807) is 0 Å². The van der Waals surface area contributed by atoms with Crippen LogP contribution in [0.15, 0.2) is 48.5 Å². The maximum atomic E-state index is 6.11. The van der Waals surface area contributed by atoms with Gasteiger partial charge in [-0.2, -0.15) is 0 Å². The average Bonchev–Trinajstić information content (AvgIpc) is 2.39. The summed E-state index contributed by atoms with van der Waals surface area (Å²) in [5, 5.41) is 0. The first-order valence-corrected chi connectivity index (χ1v) is 5.69. The highest BCUT2D eigenvalue weighted by Gasteiger charge is 2.12. The monoisotopic (exact) mass is 225 g/mol. The predicted molar refractivity (Wildman–Crippen MR) is 72.4 cm³/mol. The van der Waals surface area contributed by atoms with Crippen LogP contribution in [0.4, 0.5) is 5.69 Å². The Kier molecular flexibility index (Phi) is 3.45. The zero-order valence-electron chi connectivity index (χ0n) is 9.77. The average molecular weight is 225 g/mol. The second-order valence-electron chi connectivity index (χ2n) is 4.09. The smallest absolute Gasteiger partial charge is 0.0398 e. The van der Waals surface area contributed by atoms with Gasteiger partial charge in [0.05, 0.1) is 0 Å². The zero-order chi connectivity index (χ0) is 12.3. The molecule has 0 amide bonds. The van der Waals surface area contributed by atoms with Gasteiger partial charge in [0.1, 0.15) is 0 Å². The van der Waals surface area contributed by atoms with Crippen molar-refractivity contribution >= 4 is 5.69 Å². The molecule has 0 bridgehead atoms. The first-order chi connectivity index (χ1) is 8.24. The van der Waals surface area contributed by atoms with E-state index in [1.807, 2.05) is 36.4 Å². The van der Waals surface area contributed by atoms with Crippen molar-refractivity contribution in [3.8, 4) is 0 Å². The number of para-hydroxylation sites is 1. The number of hydrogen-bond acceptors (Lipinski definition) is 2. The normalized spacial score (nSPS) is 12.4. The molecular formula is C15H17N2. The molecule has 87 valence electrons. The molecule has 0 saturated heterocycles. The Morgan fingerprint density at radius 2 is 1.71 bits per heavy atom. The molecule has 0 fully saturated rings. The van der Waals surface area contributed by atoms with Crippen molar-refractivity contribution in [2.45, 2.75) is 12.5 Å². The fourth-order valence-corrected chi connectivity index (χ4v) is 1.98. The van der Waals surface area contributed by atoms with Crippen molar-refractivity contribution < 1.29 is 0 Å². The Balaban J connectivity index is 2.41. The van der Waals surface area contributed by atoms with Gasteiger partial charge in [-0.25, -0.2) is 0 Å². The van der Waals surface area contributed by atoms with Gasteiger partial charge in [0.15, 0.2) is 0 Å². The lowest BCUT2D eigenvalue weighted by Crippen LogP contribution is -2.07. The summed E-state index contributed by atoms with van der Waals surface area (Å²) in [5.41, 5.74) is 15.7. The lowest BCUT2D eigenvalue weighted by molar-refractivity contribution is 1.00. The van der Waals surface area contributed by atoms with Gasteiger partial charge in [-0.05, 0) is 23.6 Å². The Labute approximate surface area is 102 Å². The molecule has 4 N–H and O–H groups in total. The molecule has 1 unspecified atom stereocenters. The Morgan fingerprint density at radius 3 is 2.35 bits per heavy atom. The Morgan fingerprint density at radius 1 is 1.00 bits per heavy atom. The van der Waals surface area contributed by atoms with Gasteiger partial charge in [0, 0.05) is 18.2 Å². The van der Waals surface area contributed by atoms with E-state index in [0.717, 1.165) is 22.4 Å². The molecule has 0 spiro atoms. The van der Waals surface area contributed by atoms with Crippen LogP contribution in [-0.2, 0) is 6.54 Å². The van der Waals surface area contributed by atoms with E-state index in [2.05, 4.69) is 19.1 Å². The number of rotatable bonds is 3. The second kappa shape index (κ2) is 5.02. The molecule has 0 aliphatic carbocycles. The number of nitrogens with two attached hydrogens (primary N) is 2. The van der Waals surface area contributed by atoms with Crippen molar-refractivity contribution in [1.82, 2.24) is 0 Å². The van der Waals surface area contributed by atoms with Crippen molar-refractivity contribution in [1.29, 1.82) is 0 Å².